The number of alkyl halides is 3. The van der Waals surface area contributed by atoms with Crippen LogP contribution < -0.4 is 5.43 Å². The fourth-order valence-corrected chi connectivity index (χ4v) is 8.97. The molecule has 0 spiro atoms. The van der Waals surface area contributed by atoms with Crippen LogP contribution in [0.4, 0.5) is 19.0 Å². The highest BCUT2D eigenvalue weighted by atomic mass is 79.9. The Hall–Kier alpha value is -3.94. The second-order valence-corrected chi connectivity index (χ2v) is 14.3. The van der Waals surface area contributed by atoms with Gasteiger partial charge in [0.15, 0.2) is 5.82 Å². The molecular formula is C34H26BrCl2F3N4O5. The fourth-order valence-electron chi connectivity index (χ4n) is 8.26. The predicted octanol–water partition coefficient (Wildman–Crippen LogP) is 6.88. The SMILES string of the molecule is CCN1C(=O)[C@H]2[C@H](CC=C3[C@H]2C[C@H]2C(=O)N(Nc4ncc(C(F)(F)F)cc4Cl)C(=O)[C@@]2(c2ccc(Cl)cc2)[C@H]3c2cc(Br)ccc2O)C1=O. The van der Waals surface area contributed by atoms with E-state index < -0.39 is 63.6 Å². The number of allylic oxidation sites excluding steroid dienone is 2. The van der Waals surface area contributed by atoms with Gasteiger partial charge in [0.2, 0.25) is 11.8 Å². The lowest BCUT2D eigenvalue weighted by Gasteiger charge is -2.50. The summed E-state index contributed by atoms with van der Waals surface area (Å²) in [6.45, 7) is 1.88. The number of anilines is 1. The Morgan fingerprint density at radius 2 is 1.73 bits per heavy atom. The molecule has 1 aromatic heterocycles. The maximum Gasteiger partial charge on any atom is 0.417 e. The summed E-state index contributed by atoms with van der Waals surface area (Å²) in [7, 11) is 0. The zero-order valence-electron chi connectivity index (χ0n) is 25.5. The number of carbonyl (C=O) groups is 4. The number of hydrazine groups is 1. The smallest absolute Gasteiger partial charge is 0.417 e. The van der Waals surface area contributed by atoms with Gasteiger partial charge < -0.3 is 5.11 Å². The maximum absolute atomic E-state index is 15.1. The van der Waals surface area contributed by atoms with Gasteiger partial charge in [0.25, 0.3) is 11.8 Å². The molecule has 15 heteroatoms. The summed E-state index contributed by atoms with van der Waals surface area (Å²) in [4.78, 5) is 61.8. The van der Waals surface area contributed by atoms with Crippen LogP contribution in [-0.2, 0) is 30.8 Å². The second-order valence-electron chi connectivity index (χ2n) is 12.5. The minimum Gasteiger partial charge on any atom is -0.508 e. The normalized spacial score (nSPS) is 28.0. The first-order valence-corrected chi connectivity index (χ1v) is 16.9. The molecule has 2 aliphatic heterocycles. The molecule has 4 amide bonds. The first-order chi connectivity index (χ1) is 23.2. The van der Waals surface area contributed by atoms with Crippen molar-refractivity contribution in [1.29, 1.82) is 0 Å². The lowest BCUT2D eigenvalue weighted by Crippen LogP contribution is -2.53. The summed E-state index contributed by atoms with van der Waals surface area (Å²) >= 11 is 15.9. The van der Waals surface area contributed by atoms with Gasteiger partial charge in [-0.1, -0.05) is 62.9 Å². The average molecular weight is 778 g/mol. The van der Waals surface area contributed by atoms with Crippen molar-refractivity contribution in [3.8, 4) is 5.75 Å². The van der Waals surface area contributed by atoms with Gasteiger partial charge in [-0.05, 0) is 67.6 Å². The molecule has 2 saturated heterocycles. The number of likely N-dealkylation sites (tertiary alicyclic amines) is 1. The van der Waals surface area contributed by atoms with Crippen LogP contribution in [0.15, 0.2) is 70.8 Å². The molecule has 254 valence electrons. The predicted molar refractivity (Wildman–Crippen MR) is 175 cm³/mol. The Morgan fingerprint density at radius 3 is 2.39 bits per heavy atom. The third-order valence-corrected chi connectivity index (χ3v) is 11.3. The van der Waals surface area contributed by atoms with Gasteiger partial charge in [0.05, 0.1) is 33.8 Å². The number of nitrogens with one attached hydrogen (secondary N) is 1. The van der Waals surface area contributed by atoms with Gasteiger partial charge in [-0.25, -0.2) is 4.98 Å². The maximum atomic E-state index is 15.1. The Labute approximate surface area is 296 Å². The lowest BCUT2D eigenvalue weighted by molar-refractivity contribution is -0.141. The van der Waals surface area contributed by atoms with Crippen molar-refractivity contribution >= 4 is 68.6 Å². The van der Waals surface area contributed by atoms with Crippen LogP contribution >= 0.6 is 39.1 Å². The molecule has 3 fully saturated rings. The molecule has 6 atom stereocenters. The number of amides is 4. The minimum absolute atomic E-state index is 0.0195. The highest BCUT2D eigenvalue weighted by molar-refractivity contribution is 9.10. The van der Waals surface area contributed by atoms with Crippen LogP contribution in [0.1, 0.15) is 42.4 Å². The number of benzene rings is 2. The van der Waals surface area contributed by atoms with Crippen LogP contribution in [0, 0.1) is 23.7 Å². The van der Waals surface area contributed by atoms with Gasteiger partial charge in [0.1, 0.15) is 5.75 Å². The second kappa shape index (κ2) is 11.8. The van der Waals surface area contributed by atoms with Crippen molar-refractivity contribution in [3.63, 3.8) is 0 Å². The number of aromatic nitrogens is 1. The number of halogens is 6. The van der Waals surface area contributed by atoms with Crippen molar-refractivity contribution in [2.24, 2.45) is 23.7 Å². The van der Waals surface area contributed by atoms with E-state index in [0.717, 1.165) is 0 Å². The molecule has 49 heavy (non-hydrogen) atoms. The van der Waals surface area contributed by atoms with E-state index in [0.29, 0.717) is 43.5 Å². The Balaban J connectivity index is 1.45. The van der Waals surface area contributed by atoms with E-state index in [2.05, 4.69) is 26.3 Å². The van der Waals surface area contributed by atoms with E-state index >= 15 is 4.79 Å². The van der Waals surface area contributed by atoms with Gasteiger partial charge in [-0.3, -0.25) is 29.5 Å². The topological polar surface area (TPSA) is 120 Å². The van der Waals surface area contributed by atoms with E-state index in [1.54, 1.807) is 43.3 Å². The summed E-state index contributed by atoms with van der Waals surface area (Å²) in [5.41, 5.74) is 1.000. The van der Waals surface area contributed by atoms with Crippen molar-refractivity contribution in [1.82, 2.24) is 14.9 Å². The van der Waals surface area contributed by atoms with Crippen LogP contribution in [-0.4, -0.2) is 50.2 Å². The Kier molecular flexibility index (Phi) is 8.11. The third kappa shape index (κ3) is 4.98. The number of aromatic hydroxyl groups is 1. The van der Waals surface area contributed by atoms with Crippen LogP contribution in [0.5, 0.6) is 5.75 Å². The molecule has 2 aromatic carbocycles. The first-order valence-electron chi connectivity index (χ1n) is 15.4. The molecule has 2 N–H and O–H groups in total. The standard InChI is InChI=1S/C34H26BrCl2F3N4O5/c1-2-43-29(46)20-9-8-19-21(26(20)31(43)48)13-23-30(47)44(42-28-24(37)11-16(14-41-28)34(38,39)40)32(49)33(23,15-3-6-18(36)7-4-15)27(19)22-12-17(35)5-10-25(22)45/h3-8,10-12,14,20-21,23,26-27,45H,2,9,13H2,1H3,(H,41,42)/t20-,21+,23-,26-,27+,33+/m0/s1. The number of fused-ring (bicyclic) bond motifs is 4. The number of hydrogen-bond acceptors (Lipinski definition) is 7. The molecule has 9 nitrogen and oxygen atoms in total. The van der Waals surface area contributed by atoms with E-state index in [1.807, 2.05) is 6.08 Å². The number of hydrogen-bond donors (Lipinski definition) is 2. The van der Waals surface area contributed by atoms with Crippen molar-refractivity contribution < 1.29 is 37.5 Å². The summed E-state index contributed by atoms with van der Waals surface area (Å²) in [6.07, 6.45) is -2.17. The van der Waals surface area contributed by atoms with Gasteiger partial charge in [0, 0.05) is 33.7 Å². The molecule has 0 radical (unpaired) electrons. The van der Waals surface area contributed by atoms with E-state index in [1.165, 1.54) is 11.0 Å². The number of phenols is 1. The zero-order chi connectivity index (χ0) is 35.2. The van der Waals surface area contributed by atoms with Crippen LogP contribution in [0.3, 0.4) is 0 Å². The first kappa shape index (κ1) is 33.6. The monoisotopic (exact) mass is 776 g/mol. The molecule has 1 saturated carbocycles. The number of pyridine rings is 1. The van der Waals surface area contributed by atoms with Gasteiger partial charge in [-0.15, -0.1) is 0 Å². The number of phenolic OH excluding ortho intramolecular Hbond substituents is 1. The summed E-state index contributed by atoms with van der Waals surface area (Å²) < 4.78 is 40.7. The number of imide groups is 2. The van der Waals surface area contributed by atoms with Crippen LogP contribution in [0.2, 0.25) is 10.0 Å². The fraction of sp³-hybridized carbons (Fsp3) is 0.324. The molecule has 3 heterocycles. The number of carbonyl (C=O) groups excluding carboxylic acids is 4. The summed E-state index contributed by atoms with van der Waals surface area (Å²) in [5.74, 6) is -7.06. The highest BCUT2D eigenvalue weighted by Crippen LogP contribution is 2.65. The van der Waals surface area contributed by atoms with E-state index in [-0.39, 0.29) is 42.8 Å². The quantitative estimate of drug-likeness (QED) is 0.214. The van der Waals surface area contributed by atoms with Crippen LogP contribution in [0.25, 0.3) is 0 Å². The van der Waals surface area contributed by atoms with E-state index in [9.17, 15) is 32.7 Å². The molecule has 2 aliphatic carbocycles. The third-order valence-electron chi connectivity index (χ3n) is 10.3. The van der Waals surface area contributed by atoms with Crippen molar-refractivity contribution in [2.75, 3.05) is 12.0 Å². The Bertz CT molecular complexity index is 1980. The molecule has 3 aromatic rings. The average Bonchev–Trinajstić information content (AvgIpc) is 3.43. The summed E-state index contributed by atoms with van der Waals surface area (Å²) in [6, 6.07) is 11.7. The van der Waals surface area contributed by atoms with Gasteiger partial charge >= 0.3 is 6.18 Å². The van der Waals surface area contributed by atoms with Gasteiger partial charge in [-0.2, -0.15) is 18.2 Å². The molecular weight excluding hydrogens is 752 g/mol. The Morgan fingerprint density at radius 1 is 1.02 bits per heavy atom. The van der Waals surface area contributed by atoms with Crippen molar-refractivity contribution in [3.05, 3.63) is 97.6 Å². The van der Waals surface area contributed by atoms with Crippen molar-refractivity contribution in [2.45, 2.75) is 37.3 Å². The lowest BCUT2D eigenvalue weighted by atomic mass is 9.49. The molecule has 0 unspecified atom stereocenters. The largest absolute Gasteiger partial charge is 0.508 e. The van der Waals surface area contributed by atoms with E-state index in [4.69, 9.17) is 23.2 Å². The number of rotatable bonds is 5. The number of nitrogens with zero attached hydrogens (tertiary/aromatic N) is 3. The summed E-state index contributed by atoms with van der Waals surface area (Å²) in [5, 5.41) is 12.0. The highest BCUT2D eigenvalue weighted by Gasteiger charge is 2.70. The molecule has 4 aliphatic rings. The molecule has 0 bridgehead atoms. The minimum atomic E-state index is -4.74. The molecule has 7 rings (SSSR count). The zero-order valence-corrected chi connectivity index (χ0v) is 28.6.